The quantitative estimate of drug-likeness (QED) is 0.233. The fourth-order valence-electron chi connectivity index (χ4n) is 3.99. The smallest absolute Gasteiger partial charge is 0.265 e. The molecule has 2 aromatic carbocycles. The molecule has 4 aromatic rings. The van der Waals surface area contributed by atoms with Gasteiger partial charge in [0.1, 0.15) is 12.1 Å². The van der Waals surface area contributed by atoms with E-state index in [1.54, 1.807) is 47.6 Å². The number of aromatic nitrogens is 3. The van der Waals surface area contributed by atoms with Crippen molar-refractivity contribution in [1.82, 2.24) is 14.5 Å². The van der Waals surface area contributed by atoms with Crippen molar-refractivity contribution in [3.8, 4) is 17.2 Å². The molecule has 0 saturated heterocycles. The van der Waals surface area contributed by atoms with Gasteiger partial charge in [0.2, 0.25) is 0 Å². The second kappa shape index (κ2) is 11.2. The van der Waals surface area contributed by atoms with Crippen LogP contribution in [-0.2, 0) is 4.43 Å². The van der Waals surface area contributed by atoms with Crippen molar-refractivity contribution in [1.29, 1.82) is 0 Å². The number of rotatable bonds is 9. The van der Waals surface area contributed by atoms with Crippen LogP contribution in [0.4, 0.5) is 15.8 Å². The van der Waals surface area contributed by atoms with E-state index in [1.807, 2.05) is 6.07 Å². The predicted octanol–water partition coefficient (Wildman–Crippen LogP) is 6.10. The molecule has 10 heteroatoms. The van der Waals surface area contributed by atoms with Gasteiger partial charge in [0.05, 0.1) is 43.1 Å². The Balaban J connectivity index is 1.83. The zero-order valence-corrected chi connectivity index (χ0v) is 24.5. The highest BCUT2D eigenvalue weighted by Gasteiger charge is 2.37. The van der Waals surface area contributed by atoms with Crippen molar-refractivity contribution in [2.75, 3.05) is 32.3 Å². The first-order chi connectivity index (χ1) is 18.5. The largest absolute Gasteiger partial charge is 0.497 e. The first kappa shape index (κ1) is 28.3. The lowest BCUT2D eigenvalue weighted by atomic mass is 10.1. The van der Waals surface area contributed by atoms with E-state index in [4.69, 9.17) is 13.9 Å². The van der Waals surface area contributed by atoms with Crippen LogP contribution < -0.4 is 19.9 Å². The van der Waals surface area contributed by atoms with Crippen molar-refractivity contribution in [2.45, 2.75) is 38.9 Å². The number of hydrogen-bond acceptors (Lipinski definition) is 7. The van der Waals surface area contributed by atoms with Crippen molar-refractivity contribution in [3.05, 3.63) is 77.4 Å². The Hall–Kier alpha value is -3.76. The summed E-state index contributed by atoms with van der Waals surface area (Å²) in [6, 6.07) is 11.9. The summed E-state index contributed by atoms with van der Waals surface area (Å²) in [6.07, 6.45) is 4.73. The van der Waals surface area contributed by atoms with Gasteiger partial charge in [-0.1, -0.05) is 20.8 Å². The Morgan fingerprint density at radius 1 is 1.03 bits per heavy atom. The number of anilines is 2. The van der Waals surface area contributed by atoms with Crippen molar-refractivity contribution in [3.63, 3.8) is 0 Å². The highest BCUT2D eigenvalue weighted by Crippen LogP contribution is 2.39. The van der Waals surface area contributed by atoms with E-state index in [-0.39, 0.29) is 22.0 Å². The number of fused-ring (bicyclic) bond motifs is 1. The number of pyridine rings is 1. The van der Waals surface area contributed by atoms with Crippen LogP contribution in [0, 0.1) is 5.82 Å². The highest BCUT2D eigenvalue weighted by atomic mass is 28.4. The van der Waals surface area contributed by atoms with E-state index in [0.29, 0.717) is 41.2 Å². The van der Waals surface area contributed by atoms with E-state index in [1.165, 1.54) is 31.2 Å². The van der Waals surface area contributed by atoms with Crippen molar-refractivity contribution in [2.24, 2.45) is 0 Å². The maximum atomic E-state index is 15.7. The van der Waals surface area contributed by atoms with E-state index in [9.17, 15) is 4.79 Å². The Morgan fingerprint density at radius 3 is 2.38 bits per heavy atom. The molecule has 0 spiro atoms. The fourth-order valence-corrected chi connectivity index (χ4v) is 5.02. The Morgan fingerprint density at radius 2 is 1.74 bits per heavy atom. The third kappa shape index (κ3) is 5.81. The molecule has 0 saturated carbocycles. The predicted molar refractivity (Wildman–Crippen MR) is 155 cm³/mol. The number of halogens is 1. The minimum atomic E-state index is -2.06. The summed E-state index contributed by atoms with van der Waals surface area (Å²) in [5, 5.41) is 0.423. The van der Waals surface area contributed by atoms with E-state index >= 15 is 4.39 Å². The molecule has 0 atom stereocenters. The fraction of sp³-hybridized carbons (Fsp3) is 0.345. The number of methoxy groups -OCH3 is 2. The second-order valence-electron chi connectivity index (χ2n) is 10.7. The van der Waals surface area contributed by atoms with Gasteiger partial charge in [0, 0.05) is 36.8 Å². The molecule has 0 bridgehead atoms. The Bertz CT molecular complexity index is 1520. The van der Waals surface area contributed by atoms with E-state index in [0.717, 1.165) is 0 Å². The molecular formula is C29H35FN4O4Si. The zero-order valence-electron chi connectivity index (χ0n) is 23.5. The molecule has 206 valence electrons. The highest BCUT2D eigenvalue weighted by molar-refractivity contribution is 6.74. The van der Waals surface area contributed by atoms with Crippen molar-refractivity contribution >= 4 is 30.6 Å². The van der Waals surface area contributed by atoms with Gasteiger partial charge in [-0.2, -0.15) is 0 Å². The summed E-state index contributed by atoms with van der Waals surface area (Å²) >= 11 is 0. The first-order valence-corrected chi connectivity index (χ1v) is 15.6. The minimum Gasteiger partial charge on any atom is -0.497 e. The monoisotopic (exact) mass is 550 g/mol. The Kier molecular flexibility index (Phi) is 8.08. The molecule has 0 radical (unpaired) electrons. The molecule has 0 aliphatic rings. The summed E-state index contributed by atoms with van der Waals surface area (Å²) in [4.78, 5) is 23.8. The zero-order chi connectivity index (χ0) is 28.4. The van der Waals surface area contributed by atoms with Crippen LogP contribution in [0.25, 0.3) is 16.6 Å². The lowest BCUT2D eigenvalue weighted by Crippen LogP contribution is -2.42. The van der Waals surface area contributed by atoms with E-state index < -0.39 is 14.1 Å². The summed E-state index contributed by atoms with van der Waals surface area (Å²) in [5.74, 6) is -0.0330. The van der Waals surface area contributed by atoms with Crippen molar-refractivity contribution < 1.29 is 18.3 Å². The first-order valence-electron chi connectivity index (χ1n) is 12.7. The summed E-state index contributed by atoms with van der Waals surface area (Å²) < 4.78 is 34.3. The number of ether oxygens (including phenoxy) is 2. The third-order valence-corrected chi connectivity index (χ3v) is 11.9. The summed E-state index contributed by atoms with van der Waals surface area (Å²) in [7, 11) is 0.872. The summed E-state index contributed by atoms with van der Waals surface area (Å²) in [5.41, 5.74) is 1.81. The van der Waals surface area contributed by atoms with Gasteiger partial charge in [-0.25, -0.2) is 9.37 Å². The van der Waals surface area contributed by atoms with Gasteiger partial charge in [-0.05, 0) is 48.5 Å². The van der Waals surface area contributed by atoms with Crippen LogP contribution in [0.3, 0.4) is 0 Å². The normalized spacial score (nSPS) is 12.0. The Labute approximate surface area is 229 Å². The number of nitrogens with zero attached hydrogens (tertiary/aromatic N) is 4. The maximum absolute atomic E-state index is 15.7. The van der Waals surface area contributed by atoms with Gasteiger partial charge in [-0.3, -0.25) is 14.3 Å². The standard InChI is InChI=1S/C29H35FN4O4Si/c1-29(2,3)39(6,7)38-15-14-33(25-17-22(36-4)18-26(37-5)27(25)30)21-8-9-24-23(16-21)28(35)34(19-32-24)20-10-12-31-13-11-20/h8-13,16-19H,14-15H2,1-7H3. The summed E-state index contributed by atoms with van der Waals surface area (Å²) in [6.45, 7) is 11.6. The molecule has 0 aliphatic heterocycles. The molecule has 39 heavy (non-hydrogen) atoms. The van der Waals surface area contributed by atoms with Crippen LogP contribution in [-0.4, -0.2) is 50.2 Å². The molecular weight excluding hydrogens is 515 g/mol. The average molecular weight is 551 g/mol. The van der Waals surface area contributed by atoms with Gasteiger partial charge < -0.3 is 18.8 Å². The molecule has 4 rings (SSSR count). The molecule has 0 N–H and O–H groups in total. The average Bonchev–Trinajstić information content (AvgIpc) is 2.91. The lowest BCUT2D eigenvalue weighted by molar-refractivity contribution is 0.296. The molecule has 0 aliphatic carbocycles. The number of benzene rings is 2. The second-order valence-corrected chi connectivity index (χ2v) is 15.6. The van der Waals surface area contributed by atoms with Gasteiger partial charge in [0.25, 0.3) is 5.56 Å². The van der Waals surface area contributed by atoms with Gasteiger partial charge >= 0.3 is 0 Å². The van der Waals surface area contributed by atoms with Crippen LogP contribution in [0.1, 0.15) is 20.8 Å². The molecule has 8 nitrogen and oxygen atoms in total. The topological polar surface area (TPSA) is 78.7 Å². The third-order valence-electron chi connectivity index (χ3n) is 7.32. The van der Waals surface area contributed by atoms with Crippen LogP contribution >= 0.6 is 0 Å². The van der Waals surface area contributed by atoms with Crippen LogP contribution in [0.2, 0.25) is 18.1 Å². The van der Waals surface area contributed by atoms with E-state index in [2.05, 4.69) is 43.8 Å². The number of hydrogen-bond donors (Lipinski definition) is 0. The maximum Gasteiger partial charge on any atom is 0.265 e. The molecule has 0 fully saturated rings. The van der Waals surface area contributed by atoms with Crippen LogP contribution in [0.5, 0.6) is 11.5 Å². The van der Waals surface area contributed by atoms with Crippen LogP contribution in [0.15, 0.2) is 66.0 Å². The molecule has 0 unspecified atom stereocenters. The minimum absolute atomic E-state index is 0.0227. The molecule has 0 amide bonds. The van der Waals surface area contributed by atoms with Gasteiger partial charge in [-0.15, -0.1) is 0 Å². The van der Waals surface area contributed by atoms with Gasteiger partial charge in [0.15, 0.2) is 19.9 Å². The SMILES string of the molecule is COc1cc(OC)c(F)c(N(CCO[Si](C)(C)C(C)(C)C)c2ccc3ncn(-c4ccncc4)c(=O)c3c2)c1. The lowest BCUT2D eigenvalue weighted by Gasteiger charge is -2.37. The molecule has 2 aromatic heterocycles. The molecule has 2 heterocycles.